The van der Waals surface area contributed by atoms with Crippen molar-refractivity contribution in [2.24, 2.45) is 0 Å². The Labute approximate surface area is 168 Å². The minimum Gasteiger partial charge on any atom is -0.385 e. The molecule has 2 rings (SSSR count). The lowest BCUT2D eigenvalue weighted by Gasteiger charge is -2.32. The number of aromatic nitrogens is 2. The predicted molar refractivity (Wildman–Crippen MR) is 113 cm³/mol. The number of ether oxygens (including phenoxy) is 2. The number of anilines is 1. The lowest BCUT2D eigenvalue weighted by Crippen LogP contribution is -2.50. The van der Waals surface area contributed by atoms with E-state index in [0.29, 0.717) is 38.5 Å². The van der Waals surface area contributed by atoms with Gasteiger partial charge in [-0.05, 0) is 18.9 Å². The van der Waals surface area contributed by atoms with E-state index >= 15 is 0 Å². The van der Waals surface area contributed by atoms with Gasteiger partial charge in [0.2, 0.25) is 5.91 Å². The highest BCUT2D eigenvalue weighted by atomic mass is 28.3. The molecule has 8 nitrogen and oxygen atoms in total. The minimum atomic E-state index is -1.18. The van der Waals surface area contributed by atoms with Crippen LogP contribution < -0.4 is 10.5 Å². The molecule has 1 aromatic rings. The van der Waals surface area contributed by atoms with Crippen LogP contribution in [-0.4, -0.2) is 75.4 Å². The number of nitrogens with zero attached hydrogens (tertiary/aromatic N) is 4. The molecule has 1 saturated heterocycles. The number of piperazine rings is 1. The SMILES string of the molecule is COCCCc1cn(COCC[Si](C)(C)C)c(=O)c(N2CCN(C)C(=O)C2)n1. The van der Waals surface area contributed by atoms with E-state index < -0.39 is 8.07 Å². The van der Waals surface area contributed by atoms with E-state index in [2.05, 4.69) is 24.6 Å². The molecule has 28 heavy (non-hydrogen) atoms. The van der Waals surface area contributed by atoms with Crippen LogP contribution in [0, 0.1) is 0 Å². The molecular formula is C19H34N4O4Si. The summed E-state index contributed by atoms with van der Waals surface area (Å²) in [5, 5.41) is 0. The molecule has 1 amide bonds. The third kappa shape index (κ3) is 6.71. The quantitative estimate of drug-likeness (QED) is 0.429. The Morgan fingerprint density at radius 1 is 1.18 bits per heavy atom. The number of hydrogen-bond acceptors (Lipinski definition) is 6. The largest absolute Gasteiger partial charge is 0.385 e. The Morgan fingerprint density at radius 3 is 2.57 bits per heavy atom. The van der Waals surface area contributed by atoms with Crippen molar-refractivity contribution in [1.29, 1.82) is 0 Å². The molecular weight excluding hydrogens is 376 g/mol. The fourth-order valence-electron chi connectivity index (χ4n) is 2.88. The Hall–Kier alpha value is -1.71. The highest BCUT2D eigenvalue weighted by Gasteiger charge is 2.25. The fraction of sp³-hybridized carbons (Fsp3) is 0.737. The van der Waals surface area contributed by atoms with Crippen LogP contribution in [0.1, 0.15) is 12.1 Å². The average molecular weight is 411 g/mol. The summed E-state index contributed by atoms with van der Waals surface area (Å²) in [4.78, 5) is 33.1. The summed E-state index contributed by atoms with van der Waals surface area (Å²) in [6.45, 7) is 9.74. The molecule has 9 heteroatoms. The van der Waals surface area contributed by atoms with Crippen LogP contribution in [0.3, 0.4) is 0 Å². The lowest BCUT2D eigenvalue weighted by atomic mass is 10.2. The normalized spacial score (nSPS) is 15.4. The molecule has 0 aliphatic carbocycles. The Bertz CT molecular complexity index is 717. The fourth-order valence-corrected chi connectivity index (χ4v) is 3.64. The van der Waals surface area contributed by atoms with Crippen molar-refractivity contribution in [2.75, 3.05) is 51.9 Å². The second-order valence-electron chi connectivity index (χ2n) is 8.51. The third-order valence-corrected chi connectivity index (χ3v) is 6.48. The van der Waals surface area contributed by atoms with Crippen molar-refractivity contribution in [1.82, 2.24) is 14.5 Å². The Kier molecular flexibility index (Phi) is 8.20. The lowest BCUT2D eigenvalue weighted by molar-refractivity contribution is -0.129. The van der Waals surface area contributed by atoms with Crippen LogP contribution in [0.25, 0.3) is 0 Å². The van der Waals surface area contributed by atoms with E-state index in [1.54, 1.807) is 34.7 Å². The standard InChI is InChI=1S/C19H34N4O4Si/c1-21-8-9-22(14-17(21)24)18-19(25)23(15-27-11-12-28(3,4)5)13-16(20-18)7-6-10-26-2/h13H,6-12,14-15H2,1-5H3. The van der Waals surface area contributed by atoms with Crippen LogP contribution in [0.4, 0.5) is 5.82 Å². The van der Waals surface area contributed by atoms with Gasteiger partial charge in [-0.3, -0.25) is 14.2 Å². The molecule has 158 valence electrons. The van der Waals surface area contributed by atoms with Gasteiger partial charge in [0, 0.05) is 54.7 Å². The van der Waals surface area contributed by atoms with Crippen LogP contribution in [0.15, 0.2) is 11.0 Å². The first-order valence-corrected chi connectivity index (χ1v) is 13.6. The topological polar surface area (TPSA) is 76.9 Å². The first-order chi connectivity index (χ1) is 13.2. The number of carbonyl (C=O) groups is 1. The van der Waals surface area contributed by atoms with E-state index in [4.69, 9.17) is 9.47 Å². The highest BCUT2D eigenvalue weighted by molar-refractivity contribution is 6.76. The monoisotopic (exact) mass is 410 g/mol. The minimum absolute atomic E-state index is 0.00447. The number of likely N-dealkylation sites (N-methyl/N-ethyl adjacent to an activating group) is 1. The first-order valence-electron chi connectivity index (χ1n) is 9.87. The predicted octanol–water partition coefficient (Wildman–Crippen LogP) is 1.41. The van der Waals surface area contributed by atoms with Crippen molar-refractivity contribution in [3.8, 4) is 0 Å². The number of carbonyl (C=O) groups excluding carboxylic acids is 1. The van der Waals surface area contributed by atoms with E-state index in [-0.39, 0.29) is 24.7 Å². The molecule has 0 atom stereocenters. The van der Waals surface area contributed by atoms with Gasteiger partial charge in [0.05, 0.1) is 12.2 Å². The van der Waals surface area contributed by atoms with Gasteiger partial charge in [-0.15, -0.1) is 0 Å². The summed E-state index contributed by atoms with van der Waals surface area (Å²) in [5.41, 5.74) is 0.604. The van der Waals surface area contributed by atoms with Gasteiger partial charge in [0.25, 0.3) is 5.56 Å². The molecule has 0 bridgehead atoms. The van der Waals surface area contributed by atoms with Gasteiger partial charge < -0.3 is 19.3 Å². The molecule has 0 aromatic carbocycles. The molecule has 2 heterocycles. The Morgan fingerprint density at radius 2 is 1.93 bits per heavy atom. The molecule has 0 saturated carbocycles. The molecule has 0 spiro atoms. The molecule has 1 fully saturated rings. The molecule has 0 unspecified atom stereocenters. The summed E-state index contributed by atoms with van der Waals surface area (Å²) < 4.78 is 12.5. The Balaban J connectivity index is 2.18. The molecule has 0 radical (unpaired) electrons. The zero-order valence-electron chi connectivity index (χ0n) is 17.9. The average Bonchev–Trinajstić information content (AvgIpc) is 2.62. The van der Waals surface area contributed by atoms with Gasteiger partial charge in [-0.25, -0.2) is 4.98 Å². The maximum atomic E-state index is 13.0. The van der Waals surface area contributed by atoms with Crippen molar-refractivity contribution >= 4 is 19.8 Å². The second-order valence-corrected chi connectivity index (χ2v) is 14.1. The van der Waals surface area contributed by atoms with Crippen LogP contribution in [0.5, 0.6) is 0 Å². The first kappa shape index (κ1) is 22.6. The van der Waals surface area contributed by atoms with Gasteiger partial charge in [0.15, 0.2) is 5.82 Å². The van der Waals surface area contributed by atoms with Crippen LogP contribution in [-0.2, 0) is 27.4 Å². The summed E-state index contributed by atoms with van der Waals surface area (Å²) in [6, 6.07) is 1.05. The van der Waals surface area contributed by atoms with Crippen molar-refractivity contribution < 1.29 is 14.3 Å². The zero-order valence-corrected chi connectivity index (χ0v) is 18.9. The maximum Gasteiger partial charge on any atom is 0.295 e. The van der Waals surface area contributed by atoms with Gasteiger partial charge in [0.1, 0.15) is 6.73 Å². The van der Waals surface area contributed by atoms with E-state index in [1.165, 1.54) is 0 Å². The summed E-state index contributed by atoms with van der Waals surface area (Å²) in [6.07, 6.45) is 3.30. The molecule has 0 N–H and O–H groups in total. The van der Waals surface area contributed by atoms with Gasteiger partial charge in [-0.1, -0.05) is 19.6 Å². The van der Waals surface area contributed by atoms with Crippen molar-refractivity contribution in [3.05, 3.63) is 22.2 Å². The van der Waals surface area contributed by atoms with E-state index in [0.717, 1.165) is 18.2 Å². The maximum absolute atomic E-state index is 13.0. The highest BCUT2D eigenvalue weighted by Crippen LogP contribution is 2.12. The molecule has 1 aromatic heterocycles. The number of aryl methyl sites for hydroxylation is 1. The number of amides is 1. The third-order valence-electron chi connectivity index (χ3n) is 4.77. The number of rotatable bonds is 10. The van der Waals surface area contributed by atoms with E-state index in [1.807, 2.05) is 0 Å². The summed E-state index contributed by atoms with van der Waals surface area (Å²) in [5.74, 6) is 0.334. The van der Waals surface area contributed by atoms with Crippen LogP contribution >= 0.6 is 0 Å². The van der Waals surface area contributed by atoms with E-state index in [9.17, 15) is 9.59 Å². The summed E-state index contributed by atoms with van der Waals surface area (Å²) >= 11 is 0. The number of hydrogen-bond donors (Lipinski definition) is 0. The van der Waals surface area contributed by atoms with Crippen molar-refractivity contribution in [3.63, 3.8) is 0 Å². The van der Waals surface area contributed by atoms with Crippen LogP contribution in [0.2, 0.25) is 25.7 Å². The second kappa shape index (κ2) is 10.2. The molecule has 1 aliphatic heterocycles. The van der Waals surface area contributed by atoms with Gasteiger partial charge in [-0.2, -0.15) is 0 Å². The zero-order chi connectivity index (χ0) is 20.7. The van der Waals surface area contributed by atoms with Gasteiger partial charge >= 0.3 is 0 Å². The van der Waals surface area contributed by atoms with Crippen molar-refractivity contribution in [2.45, 2.75) is 45.3 Å². The number of methoxy groups -OCH3 is 1. The summed E-state index contributed by atoms with van der Waals surface area (Å²) in [7, 11) is 2.26. The smallest absolute Gasteiger partial charge is 0.295 e. The molecule has 1 aliphatic rings.